The van der Waals surface area contributed by atoms with Gasteiger partial charge in [0.25, 0.3) is 0 Å². The topological polar surface area (TPSA) is 116 Å². The number of imidazole rings is 1. The average molecular weight is 499 g/mol. The van der Waals surface area contributed by atoms with Crippen molar-refractivity contribution < 1.29 is 9.53 Å². The van der Waals surface area contributed by atoms with Crippen molar-refractivity contribution in [2.45, 2.75) is 54.1 Å². The van der Waals surface area contributed by atoms with Gasteiger partial charge in [0.1, 0.15) is 11.3 Å². The molecule has 1 aromatic carbocycles. The van der Waals surface area contributed by atoms with Gasteiger partial charge in [0.2, 0.25) is 5.82 Å². The Kier molecular flexibility index (Phi) is 6.56. The van der Waals surface area contributed by atoms with Gasteiger partial charge in [-0.3, -0.25) is 0 Å². The molecule has 0 fully saturated rings. The van der Waals surface area contributed by atoms with Gasteiger partial charge in [0.15, 0.2) is 11.3 Å². The first-order chi connectivity index (χ1) is 17.9. The van der Waals surface area contributed by atoms with Crippen LogP contribution in [0.2, 0.25) is 0 Å². The molecule has 0 unspecified atom stereocenters. The second-order valence-corrected chi connectivity index (χ2v) is 8.91. The van der Waals surface area contributed by atoms with E-state index in [2.05, 4.69) is 85.8 Å². The zero-order chi connectivity index (χ0) is 26.1. The monoisotopic (exact) mass is 498 g/mol. The van der Waals surface area contributed by atoms with E-state index in [9.17, 15) is 4.79 Å². The van der Waals surface area contributed by atoms with Crippen molar-refractivity contribution in [3.05, 3.63) is 64.7 Å². The molecule has 5 aromatic rings. The quantitative estimate of drug-likeness (QED) is 0.313. The standard InChI is InChI=1S/C27H30N8O2/c1-6-22-29-23-16(4)13-21(27(36)37-8-3)28-26(23)35(22)15-18-9-11-19(12-10-18)24-20(25-30-32-33-31-25)14-17(5)34(24)7-2/h9-14H,6-8,15H2,1-5H3,(H,30,31,32,33). The zero-order valence-corrected chi connectivity index (χ0v) is 21.7. The molecular weight excluding hydrogens is 468 g/mol. The third-order valence-corrected chi connectivity index (χ3v) is 6.55. The van der Waals surface area contributed by atoms with Crippen LogP contribution in [0, 0.1) is 13.8 Å². The lowest BCUT2D eigenvalue weighted by Gasteiger charge is -2.12. The number of H-pyrrole nitrogens is 1. The van der Waals surface area contributed by atoms with Gasteiger partial charge >= 0.3 is 5.97 Å². The van der Waals surface area contributed by atoms with Crippen LogP contribution in [0.5, 0.6) is 0 Å². The third kappa shape index (κ3) is 4.39. The van der Waals surface area contributed by atoms with Crippen LogP contribution in [0.1, 0.15) is 53.9 Å². The highest BCUT2D eigenvalue weighted by Crippen LogP contribution is 2.33. The van der Waals surface area contributed by atoms with Crippen LogP contribution in [0.25, 0.3) is 33.8 Å². The predicted octanol–water partition coefficient (Wildman–Crippen LogP) is 4.50. The fourth-order valence-corrected chi connectivity index (χ4v) is 4.83. The number of aryl methyl sites for hydroxylation is 3. The summed E-state index contributed by atoms with van der Waals surface area (Å²) in [5.74, 6) is 1.07. The lowest BCUT2D eigenvalue weighted by Crippen LogP contribution is -2.10. The Bertz CT molecular complexity index is 1560. The van der Waals surface area contributed by atoms with Crippen molar-refractivity contribution in [3.8, 4) is 22.6 Å². The van der Waals surface area contributed by atoms with Crippen LogP contribution in [0.4, 0.5) is 0 Å². The van der Waals surface area contributed by atoms with Gasteiger partial charge in [0, 0.05) is 24.2 Å². The summed E-state index contributed by atoms with van der Waals surface area (Å²) < 4.78 is 9.53. The second kappa shape index (κ2) is 9.96. The number of hydrogen-bond donors (Lipinski definition) is 1. The number of carbonyl (C=O) groups is 1. The molecule has 4 aromatic heterocycles. The summed E-state index contributed by atoms with van der Waals surface area (Å²) in [4.78, 5) is 21.9. The number of carbonyl (C=O) groups excluding carboxylic acids is 1. The average Bonchev–Trinajstić information content (AvgIpc) is 3.62. The fraction of sp³-hybridized carbons (Fsp3) is 0.333. The number of fused-ring (bicyclic) bond motifs is 1. The van der Waals surface area contributed by atoms with E-state index in [4.69, 9.17) is 9.72 Å². The molecule has 4 heterocycles. The van der Waals surface area contributed by atoms with E-state index >= 15 is 0 Å². The van der Waals surface area contributed by atoms with E-state index in [-0.39, 0.29) is 0 Å². The van der Waals surface area contributed by atoms with Crippen LogP contribution in [0.15, 0.2) is 36.4 Å². The number of rotatable bonds is 8. The van der Waals surface area contributed by atoms with Gasteiger partial charge in [-0.25, -0.2) is 14.8 Å². The predicted molar refractivity (Wildman–Crippen MR) is 140 cm³/mol. The molecule has 1 N–H and O–H groups in total. The molecule has 5 rings (SSSR count). The third-order valence-electron chi connectivity index (χ3n) is 6.55. The van der Waals surface area contributed by atoms with Crippen molar-refractivity contribution in [1.29, 1.82) is 0 Å². The number of benzene rings is 1. The van der Waals surface area contributed by atoms with E-state index in [0.717, 1.165) is 57.9 Å². The summed E-state index contributed by atoms with van der Waals surface area (Å²) in [5, 5.41) is 14.7. The van der Waals surface area contributed by atoms with E-state index in [1.165, 1.54) is 0 Å². The molecule has 0 saturated carbocycles. The molecule has 37 heavy (non-hydrogen) atoms. The molecule has 0 amide bonds. The molecule has 0 spiro atoms. The van der Waals surface area contributed by atoms with Crippen molar-refractivity contribution in [2.24, 2.45) is 0 Å². The van der Waals surface area contributed by atoms with Gasteiger partial charge in [0.05, 0.1) is 18.8 Å². The van der Waals surface area contributed by atoms with Crippen LogP contribution < -0.4 is 0 Å². The normalized spacial score (nSPS) is 11.4. The number of aromatic nitrogens is 8. The highest BCUT2D eigenvalue weighted by atomic mass is 16.5. The number of aromatic amines is 1. The Hall–Kier alpha value is -4.34. The fourth-order valence-electron chi connectivity index (χ4n) is 4.83. The minimum atomic E-state index is -0.422. The number of hydrogen-bond acceptors (Lipinski definition) is 7. The maximum Gasteiger partial charge on any atom is 0.357 e. The van der Waals surface area contributed by atoms with Crippen molar-refractivity contribution >= 4 is 17.1 Å². The molecule has 0 saturated heterocycles. The van der Waals surface area contributed by atoms with E-state index < -0.39 is 5.97 Å². The summed E-state index contributed by atoms with van der Waals surface area (Å²) >= 11 is 0. The highest BCUT2D eigenvalue weighted by molar-refractivity contribution is 5.91. The first-order valence-electron chi connectivity index (χ1n) is 12.5. The van der Waals surface area contributed by atoms with Gasteiger partial charge in [-0.15, -0.1) is 10.2 Å². The number of nitrogens with one attached hydrogen (secondary N) is 1. The number of esters is 1. The number of ether oxygens (including phenoxy) is 1. The van der Waals surface area contributed by atoms with Crippen molar-refractivity contribution in [1.82, 2.24) is 39.7 Å². The maximum absolute atomic E-state index is 12.4. The van der Waals surface area contributed by atoms with Gasteiger partial charge in [-0.2, -0.15) is 5.21 Å². The van der Waals surface area contributed by atoms with Gasteiger partial charge < -0.3 is 13.9 Å². The molecule has 0 radical (unpaired) electrons. The Labute approximate surface area is 214 Å². The highest BCUT2D eigenvalue weighted by Gasteiger charge is 2.20. The number of nitrogens with zero attached hydrogens (tertiary/aromatic N) is 7. The molecule has 190 valence electrons. The molecule has 10 nitrogen and oxygen atoms in total. The SMILES string of the molecule is CCOC(=O)c1cc(C)c2nc(CC)n(Cc3ccc(-c4c(-c5nn[nH]n5)cc(C)n4CC)cc3)c2n1. The Balaban J connectivity index is 1.53. The number of tetrazole rings is 1. The molecule has 0 aliphatic rings. The minimum absolute atomic E-state index is 0.302. The van der Waals surface area contributed by atoms with Crippen LogP contribution in [-0.4, -0.2) is 52.3 Å². The molecular formula is C27H30N8O2. The van der Waals surface area contributed by atoms with Gasteiger partial charge in [-0.1, -0.05) is 31.2 Å². The molecule has 0 aliphatic carbocycles. The second-order valence-electron chi connectivity index (χ2n) is 8.91. The summed E-state index contributed by atoms with van der Waals surface area (Å²) in [6.07, 6.45) is 0.750. The molecule has 0 bridgehead atoms. The molecule has 0 aliphatic heterocycles. The largest absolute Gasteiger partial charge is 0.461 e. The smallest absolute Gasteiger partial charge is 0.357 e. The first-order valence-corrected chi connectivity index (χ1v) is 12.5. The maximum atomic E-state index is 12.4. The van der Waals surface area contributed by atoms with E-state index in [1.54, 1.807) is 13.0 Å². The van der Waals surface area contributed by atoms with Crippen molar-refractivity contribution in [2.75, 3.05) is 6.61 Å². The summed E-state index contributed by atoms with van der Waals surface area (Å²) in [7, 11) is 0. The lowest BCUT2D eigenvalue weighted by atomic mass is 10.0. The lowest BCUT2D eigenvalue weighted by molar-refractivity contribution is 0.0519. The van der Waals surface area contributed by atoms with Crippen LogP contribution in [-0.2, 0) is 24.2 Å². The van der Waals surface area contributed by atoms with E-state index in [1.807, 2.05) is 6.92 Å². The summed E-state index contributed by atoms with van der Waals surface area (Å²) in [5.41, 5.74) is 8.03. The molecule has 10 heteroatoms. The first kappa shape index (κ1) is 24.4. The zero-order valence-electron chi connectivity index (χ0n) is 21.7. The Morgan fingerprint density at radius 1 is 1.03 bits per heavy atom. The Morgan fingerprint density at radius 3 is 2.46 bits per heavy atom. The summed E-state index contributed by atoms with van der Waals surface area (Å²) in [6, 6.07) is 12.3. The van der Waals surface area contributed by atoms with Crippen LogP contribution >= 0.6 is 0 Å². The Morgan fingerprint density at radius 2 is 1.81 bits per heavy atom. The number of pyridine rings is 1. The minimum Gasteiger partial charge on any atom is -0.461 e. The summed E-state index contributed by atoms with van der Waals surface area (Å²) in [6.45, 7) is 11.7. The van der Waals surface area contributed by atoms with E-state index in [0.29, 0.717) is 30.3 Å². The van der Waals surface area contributed by atoms with Crippen molar-refractivity contribution in [3.63, 3.8) is 0 Å². The van der Waals surface area contributed by atoms with Crippen LogP contribution in [0.3, 0.4) is 0 Å². The molecule has 0 atom stereocenters. The van der Waals surface area contributed by atoms with Gasteiger partial charge in [-0.05, 0) is 61.7 Å².